The number of carbonyl (C=O) groups excluding carboxylic acids is 1. The molecule has 2 atom stereocenters. The molecule has 8 heteroatoms. The van der Waals surface area contributed by atoms with Crippen molar-refractivity contribution in [2.75, 3.05) is 23.5 Å². The first-order valence-electron chi connectivity index (χ1n) is 8.46. The fourth-order valence-corrected chi connectivity index (χ4v) is 7.34. The predicted octanol–water partition coefficient (Wildman–Crippen LogP) is 2.61. The maximum Gasteiger partial charge on any atom is 0.283 e. The minimum atomic E-state index is -3.08. The number of rotatable bonds is 3. The van der Waals surface area contributed by atoms with Crippen LogP contribution in [-0.4, -0.2) is 49.4 Å². The molecular weight excluding hydrogens is 384 g/mol. The number of anilines is 1. The molecule has 2 aromatic rings. The van der Waals surface area contributed by atoms with Gasteiger partial charge in [0, 0.05) is 10.9 Å². The van der Waals surface area contributed by atoms with Gasteiger partial charge in [-0.25, -0.2) is 8.42 Å². The van der Waals surface area contributed by atoms with Crippen LogP contribution in [0.25, 0.3) is 0 Å². The van der Waals surface area contributed by atoms with Crippen LogP contribution in [0.1, 0.15) is 10.4 Å². The highest BCUT2D eigenvalue weighted by molar-refractivity contribution is 8.16. The van der Waals surface area contributed by atoms with Gasteiger partial charge < -0.3 is 9.64 Å². The number of thioether (sulfide) groups is 1. The Morgan fingerprint density at radius 3 is 2.56 bits per heavy atom. The lowest BCUT2D eigenvalue weighted by Crippen LogP contribution is -2.37. The van der Waals surface area contributed by atoms with Gasteiger partial charge in [0.2, 0.25) is 0 Å². The Balaban J connectivity index is 1.73. The highest BCUT2D eigenvalue weighted by Crippen LogP contribution is 2.41. The summed E-state index contributed by atoms with van der Waals surface area (Å²) >= 11 is 1.36. The van der Waals surface area contributed by atoms with Crippen molar-refractivity contribution < 1.29 is 17.9 Å². The molecule has 0 aromatic heterocycles. The van der Waals surface area contributed by atoms with Crippen molar-refractivity contribution in [2.45, 2.75) is 11.3 Å². The van der Waals surface area contributed by atoms with Crippen LogP contribution in [0.15, 0.2) is 59.6 Å². The van der Waals surface area contributed by atoms with Crippen LogP contribution in [0, 0.1) is 0 Å². The lowest BCUT2D eigenvalue weighted by Gasteiger charge is -2.24. The monoisotopic (exact) mass is 402 g/mol. The summed E-state index contributed by atoms with van der Waals surface area (Å²) in [5.74, 6) is 0.234. The van der Waals surface area contributed by atoms with Gasteiger partial charge in [0.15, 0.2) is 15.0 Å². The Morgan fingerprint density at radius 1 is 1.11 bits per heavy atom. The van der Waals surface area contributed by atoms with E-state index < -0.39 is 15.7 Å². The molecule has 27 heavy (non-hydrogen) atoms. The van der Waals surface area contributed by atoms with Crippen LogP contribution in [0.4, 0.5) is 5.69 Å². The van der Waals surface area contributed by atoms with E-state index in [1.807, 2.05) is 35.2 Å². The van der Waals surface area contributed by atoms with Gasteiger partial charge in [-0.2, -0.15) is 4.99 Å². The minimum Gasteiger partial charge on any atom is -0.496 e. The third kappa shape index (κ3) is 3.46. The van der Waals surface area contributed by atoms with E-state index in [2.05, 4.69) is 4.99 Å². The molecule has 0 N–H and O–H groups in total. The molecule has 0 saturated carbocycles. The number of carbonyl (C=O) groups is 1. The summed E-state index contributed by atoms with van der Waals surface area (Å²) in [5.41, 5.74) is 1.21. The Kier molecular flexibility index (Phi) is 4.69. The van der Waals surface area contributed by atoms with Gasteiger partial charge in [-0.3, -0.25) is 4.79 Å². The molecule has 2 aliphatic heterocycles. The van der Waals surface area contributed by atoms with E-state index >= 15 is 0 Å². The molecular formula is C19H18N2O4S2. The summed E-state index contributed by atoms with van der Waals surface area (Å²) in [7, 11) is -1.57. The molecule has 0 bridgehead atoms. The third-order valence-corrected chi connectivity index (χ3v) is 7.85. The highest BCUT2D eigenvalue weighted by Gasteiger charge is 2.49. The SMILES string of the molecule is COc1ccccc1C(=O)N=C1S[C@H]2CS(=O)(=O)C[C@H]2N1c1ccccc1. The molecule has 0 aliphatic carbocycles. The Morgan fingerprint density at radius 2 is 1.81 bits per heavy atom. The summed E-state index contributed by atoms with van der Waals surface area (Å²) < 4.78 is 29.4. The van der Waals surface area contributed by atoms with Crippen LogP contribution >= 0.6 is 11.8 Å². The van der Waals surface area contributed by atoms with E-state index in [0.717, 1.165) is 5.69 Å². The number of hydrogen-bond donors (Lipinski definition) is 0. The number of methoxy groups -OCH3 is 1. The molecule has 0 spiro atoms. The van der Waals surface area contributed by atoms with E-state index in [4.69, 9.17) is 4.74 Å². The van der Waals surface area contributed by atoms with Crippen molar-refractivity contribution in [3.05, 3.63) is 60.2 Å². The van der Waals surface area contributed by atoms with Crippen LogP contribution < -0.4 is 9.64 Å². The van der Waals surface area contributed by atoms with Gasteiger partial charge in [0.05, 0.1) is 30.2 Å². The zero-order valence-electron chi connectivity index (χ0n) is 14.6. The fraction of sp³-hybridized carbons (Fsp3) is 0.263. The van der Waals surface area contributed by atoms with Crippen LogP contribution in [0.5, 0.6) is 5.75 Å². The number of aliphatic imine (C=N–C) groups is 1. The number of ether oxygens (including phenoxy) is 1. The molecule has 4 rings (SSSR count). The third-order valence-electron chi connectivity index (χ3n) is 4.64. The van der Waals surface area contributed by atoms with Crippen molar-refractivity contribution in [3.8, 4) is 5.75 Å². The van der Waals surface area contributed by atoms with Gasteiger partial charge in [0.1, 0.15) is 5.75 Å². The van der Waals surface area contributed by atoms with Crippen molar-refractivity contribution in [1.82, 2.24) is 0 Å². The minimum absolute atomic E-state index is 0.0709. The second kappa shape index (κ2) is 7.01. The summed E-state index contributed by atoms with van der Waals surface area (Å²) in [5, 5.41) is 0.404. The number of amidine groups is 1. The maximum atomic E-state index is 12.8. The molecule has 2 saturated heterocycles. The van der Waals surface area contributed by atoms with Gasteiger partial charge in [-0.15, -0.1) is 0 Å². The topological polar surface area (TPSA) is 76.0 Å². The number of sulfone groups is 1. The molecule has 0 unspecified atom stereocenters. The molecule has 0 radical (unpaired) electrons. The molecule has 2 heterocycles. The quantitative estimate of drug-likeness (QED) is 0.786. The lowest BCUT2D eigenvalue weighted by atomic mass is 10.2. The molecule has 2 fully saturated rings. The van der Waals surface area contributed by atoms with Gasteiger partial charge >= 0.3 is 0 Å². The van der Waals surface area contributed by atoms with E-state index in [-0.39, 0.29) is 22.8 Å². The number of amides is 1. The largest absolute Gasteiger partial charge is 0.496 e. The molecule has 2 aromatic carbocycles. The highest BCUT2D eigenvalue weighted by atomic mass is 32.2. The fourth-order valence-electron chi connectivity index (χ4n) is 3.42. The number of nitrogens with zero attached hydrogens (tertiary/aromatic N) is 2. The van der Waals surface area contributed by atoms with Gasteiger partial charge in [-0.1, -0.05) is 42.1 Å². The van der Waals surface area contributed by atoms with E-state index in [1.165, 1.54) is 18.9 Å². The first-order valence-corrected chi connectivity index (χ1v) is 11.2. The second-order valence-electron chi connectivity index (χ2n) is 6.41. The molecule has 6 nitrogen and oxygen atoms in total. The van der Waals surface area contributed by atoms with Crippen LogP contribution in [0.3, 0.4) is 0 Å². The van der Waals surface area contributed by atoms with Gasteiger partial charge in [0.25, 0.3) is 5.91 Å². The number of benzene rings is 2. The zero-order valence-corrected chi connectivity index (χ0v) is 16.2. The summed E-state index contributed by atoms with van der Waals surface area (Å²) in [6, 6.07) is 16.2. The van der Waals surface area contributed by atoms with E-state index in [9.17, 15) is 13.2 Å². The average molecular weight is 402 g/mol. The zero-order chi connectivity index (χ0) is 19.0. The molecule has 2 aliphatic rings. The van der Waals surface area contributed by atoms with Crippen molar-refractivity contribution in [1.29, 1.82) is 0 Å². The Hall–Kier alpha value is -2.32. The van der Waals surface area contributed by atoms with E-state index in [0.29, 0.717) is 16.5 Å². The van der Waals surface area contributed by atoms with E-state index in [1.54, 1.807) is 24.3 Å². The number of fused-ring (bicyclic) bond motifs is 1. The second-order valence-corrected chi connectivity index (χ2v) is 9.77. The van der Waals surface area contributed by atoms with Gasteiger partial charge in [-0.05, 0) is 24.3 Å². The number of hydrogen-bond acceptors (Lipinski definition) is 5. The van der Waals surface area contributed by atoms with Crippen LogP contribution in [0.2, 0.25) is 0 Å². The molecule has 140 valence electrons. The molecule has 1 amide bonds. The van der Waals surface area contributed by atoms with Crippen LogP contribution in [-0.2, 0) is 9.84 Å². The predicted molar refractivity (Wildman–Crippen MR) is 108 cm³/mol. The van der Waals surface area contributed by atoms with Crippen molar-refractivity contribution in [2.24, 2.45) is 4.99 Å². The standard InChI is InChI=1S/C19H18N2O4S2/c1-25-16-10-6-5-9-14(16)18(22)20-19-21(13-7-3-2-4-8-13)15-11-27(23,24)12-17(15)26-19/h2-10,15,17H,11-12H2,1H3/t15-,17+/m1/s1. The van der Waals surface area contributed by atoms with Crippen molar-refractivity contribution >= 4 is 38.4 Å². The first-order chi connectivity index (χ1) is 13.0. The summed E-state index contributed by atoms with van der Waals surface area (Å²) in [4.78, 5) is 19.0. The lowest BCUT2D eigenvalue weighted by molar-refractivity contribution is 0.1000. The smallest absolute Gasteiger partial charge is 0.283 e. The summed E-state index contributed by atoms with van der Waals surface area (Å²) in [6.45, 7) is 0. The normalized spacial score (nSPS) is 24.8. The Labute approximate surface area is 162 Å². The first kappa shape index (κ1) is 18.1. The summed E-state index contributed by atoms with van der Waals surface area (Å²) in [6.07, 6.45) is 0. The van der Waals surface area contributed by atoms with Crippen molar-refractivity contribution in [3.63, 3.8) is 0 Å². The Bertz CT molecular complexity index is 1010. The average Bonchev–Trinajstić information content (AvgIpc) is 3.13. The number of para-hydroxylation sites is 2. The maximum absolute atomic E-state index is 12.8.